The fourth-order valence-corrected chi connectivity index (χ4v) is 4.49. The van der Waals surface area contributed by atoms with Gasteiger partial charge in [-0.25, -0.2) is 0 Å². The first-order valence-corrected chi connectivity index (χ1v) is 14.0. The lowest BCUT2D eigenvalue weighted by Crippen LogP contribution is -2.47. The Bertz CT molecular complexity index is 678. The Morgan fingerprint density at radius 2 is 1.20 bits per heavy atom. The van der Waals surface area contributed by atoms with Crippen molar-refractivity contribution in [2.45, 2.75) is 122 Å². The number of unbranched alkanes of at least 4 members (excludes halogenated alkanes) is 15. The molecule has 0 aromatic heterocycles. The molecule has 6 heteroatoms. The van der Waals surface area contributed by atoms with Crippen molar-refractivity contribution in [2.75, 3.05) is 13.1 Å². The second kappa shape index (κ2) is 20.1. The first kappa shape index (κ1) is 31.0. The van der Waals surface area contributed by atoms with Crippen molar-refractivity contribution in [3.8, 4) is 5.75 Å². The minimum Gasteiger partial charge on any atom is -0.508 e. The van der Waals surface area contributed by atoms with Crippen LogP contribution in [0.25, 0.3) is 0 Å². The van der Waals surface area contributed by atoms with E-state index < -0.39 is 12.0 Å². The van der Waals surface area contributed by atoms with Gasteiger partial charge in [-0.1, -0.05) is 115 Å². The molecule has 35 heavy (non-hydrogen) atoms. The van der Waals surface area contributed by atoms with Gasteiger partial charge in [-0.3, -0.25) is 9.59 Å². The van der Waals surface area contributed by atoms with Crippen LogP contribution in [0.2, 0.25) is 0 Å². The van der Waals surface area contributed by atoms with Gasteiger partial charge < -0.3 is 20.8 Å². The topological polar surface area (TPSA) is 104 Å². The second-order valence-corrected chi connectivity index (χ2v) is 9.93. The molecule has 200 valence electrons. The number of hydrogen-bond acceptors (Lipinski definition) is 4. The Morgan fingerprint density at radius 3 is 1.63 bits per heavy atom. The van der Waals surface area contributed by atoms with Crippen LogP contribution in [0, 0.1) is 0 Å². The summed E-state index contributed by atoms with van der Waals surface area (Å²) in [6.45, 7) is 2.37. The molecule has 1 aromatic rings. The van der Waals surface area contributed by atoms with Crippen molar-refractivity contribution in [3.05, 3.63) is 29.8 Å². The Hall–Kier alpha value is -2.08. The van der Waals surface area contributed by atoms with E-state index in [-0.39, 0.29) is 18.2 Å². The number of carboxylic acids is 1. The summed E-state index contributed by atoms with van der Waals surface area (Å²) in [5.41, 5.74) is 6.91. The number of rotatable bonds is 22. The number of carboxylic acid groups (broad SMARTS) is 1. The van der Waals surface area contributed by atoms with Crippen LogP contribution >= 0.6 is 0 Å². The zero-order valence-corrected chi connectivity index (χ0v) is 22.1. The van der Waals surface area contributed by atoms with Crippen LogP contribution in [0.15, 0.2) is 24.3 Å². The maximum atomic E-state index is 12.7. The van der Waals surface area contributed by atoms with E-state index in [9.17, 15) is 19.8 Å². The van der Waals surface area contributed by atoms with Crippen molar-refractivity contribution >= 4 is 11.9 Å². The van der Waals surface area contributed by atoms with Crippen LogP contribution < -0.4 is 5.73 Å². The summed E-state index contributed by atoms with van der Waals surface area (Å²) in [6, 6.07) is 5.76. The maximum absolute atomic E-state index is 12.7. The molecule has 1 rings (SSSR count). The molecular formula is C29H50N2O4. The third-order valence-corrected chi connectivity index (χ3v) is 6.63. The number of phenols is 1. The molecule has 0 heterocycles. The highest BCUT2D eigenvalue weighted by atomic mass is 16.4. The van der Waals surface area contributed by atoms with Gasteiger partial charge in [0.15, 0.2) is 0 Å². The molecule has 0 saturated heterocycles. The minimum atomic E-state index is -1.02. The minimum absolute atomic E-state index is 0.157. The molecule has 6 nitrogen and oxygen atoms in total. The molecule has 0 fully saturated rings. The summed E-state index contributed by atoms with van der Waals surface area (Å²) < 4.78 is 0. The van der Waals surface area contributed by atoms with Crippen molar-refractivity contribution in [1.29, 1.82) is 0 Å². The molecule has 0 aliphatic heterocycles. The van der Waals surface area contributed by atoms with Gasteiger partial charge in [0, 0.05) is 6.54 Å². The Labute approximate surface area is 213 Å². The quantitative estimate of drug-likeness (QED) is 0.162. The van der Waals surface area contributed by atoms with Gasteiger partial charge in [-0.05, 0) is 30.5 Å². The number of hydrogen-bond donors (Lipinski definition) is 3. The highest BCUT2D eigenvalue weighted by Gasteiger charge is 2.23. The predicted molar refractivity (Wildman–Crippen MR) is 144 cm³/mol. The van der Waals surface area contributed by atoms with Crippen LogP contribution in [-0.4, -0.2) is 46.1 Å². The Kier molecular flexibility index (Phi) is 17.8. The van der Waals surface area contributed by atoms with Crippen LogP contribution in [0.1, 0.15) is 115 Å². The van der Waals surface area contributed by atoms with E-state index in [2.05, 4.69) is 6.92 Å². The molecule has 1 aromatic carbocycles. The molecule has 1 unspecified atom stereocenters. The number of nitrogens with zero attached hydrogens (tertiary/aromatic N) is 1. The number of phenolic OH excluding ortho intramolecular Hbond substituents is 1. The van der Waals surface area contributed by atoms with Crippen molar-refractivity contribution < 1.29 is 19.8 Å². The molecule has 0 aliphatic rings. The number of benzene rings is 1. The lowest BCUT2D eigenvalue weighted by Gasteiger charge is -2.24. The van der Waals surface area contributed by atoms with Crippen molar-refractivity contribution in [3.63, 3.8) is 0 Å². The lowest BCUT2D eigenvalue weighted by molar-refractivity contribution is -0.145. The maximum Gasteiger partial charge on any atom is 0.323 e. The third-order valence-electron chi connectivity index (χ3n) is 6.63. The fraction of sp³-hybridized carbons (Fsp3) is 0.724. The predicted octanol–water partition coefficient (Wildman–Crippen LogP) is 6.44. The fourth-order valence-electron chi connectivity index (χ4n) is 4.49. The van der Waals surface area contributed by atoms with E-state index in [1.54, 1.807) is 24.3 Å². The average molecular weight is 491 g/mol. The summed E-state index contributed by atoms with van der Waals surface area (Å²) in [5.74, 6) is -1.20. The number of amides is 1. The molecule has 0 bridgehead atoms. The summed E-state index contributed by atoms with van der Waals surface area (Å²) in [4.78, 5) is 25.3. The molecule has 1 atom stereocenters. The molecule has 4 N–H and O–H groups in total. The third kappa shape index (κ3) is 16.3. The first-order valence-electron chi connectivity index (χ1n) is 14.0. The smallest absolute Gasteiger partial charge is 0.323 e. The zero-order chi connectivity index (χ0) is 25.7. The van der Waals surface area contributed by atoms with Gasteiger partial charge in [0.2, 0.25) is 5.91 Å². The zero-order valence-electron chi connectivity index (χ0n) is 22.1. The van der Waals surface area contributed by atoms with Crippen molar-refractivity contribution in [1.82, 2.24) is 4.90 Å². The summed E-state index contributed by atoms with van der Waals surface area (Å²) in [6.07, 6.45) is 20.7. The Balaban J connectivity index is 2.11. The van der Waals surface area contributed by atoms with E-state index in [1.807, 2.05) is 0 Å². The normalized spacial score (nSPS) is 11.9. The molecule has 0 radical (unpaired) electrons. The largest absolute Gasteiger partial charge is 0.508 e. The van der Waals surface area contributed by atoms with Gasteiger partial charge in [-0.15, -0.1) is 0 Å². The van der Waals surface area contributed by atoms with E-state index in [0.717, 1.165) is 24.8 Å². The molecule has 0 aliphatic carbocycles. The number of carbonyl (C=O) groups excluding carboxylic acids is 1. The Morgan fingerprint density at radius 1 is 0.771 bits per heavy atom. The van der Waals surface area contributed by atoms with Crippen molar-refractivity contribution in [2.24, 2.45) is 5.73 Å². The first-order chi connectivity index (χ1) is 16.9. The number of carbonyl (C=O) groups is 2. The monoisotopic (exact) mass is 490 g/mol. The van der Waals surface area contributed by atoms with E-state index in [0.29, 0.717) is 13.0 Å². The van der Waals surface area contributed by atoms with Crippen LogP contribution in [0.3, 0.4) is 0 Å². The van der Waals surface area contributed by atoms with Gasteiger partial charge >= 0.3 is 5.97 Å². The molecule has 1 amide bonds. The number of aromatic hydroxyl groups is 1. The van der Waals surface area contributed by atoms with Crippen LogP contribution in [-0.2, 0) is 16.0 Å². The highest BCUT2D eigenvalue weighted by molar-refractivity contribution is 5.85. The SMILES string of the molecule is CCCCCCCCCCCCCCCCCCN(CC(=O)O)C(=O)C(N)Cc1ccc(O)cc1. The summed E-state index contributed by atoms with van der Waals surface area (Å²) in [7, 11) is 0. The number of nitrogens with two attached hydrogens (primary N) is 1. The molecule has 0 saturated carbocycles. The van der Waals surface area contributed by atoms with Gasteiger partial charge in [0.25, 0.3) is 0 Å². The number of aliphatic carboxylic acids is 1. The van der Waals surface area contributed by atoms with Crippen LogP contribution in [0.5, 0.6) is 5.75 Å². The molecule has 0 spiro atoms. The van der Waals surface area contributed by atoms with Gasteiger partial charge in [-0.2, -0.15) is 0 Å². The van der Waals surface area contributed by atoms with Crippen LogP contribution in [0.4, 0.5) is 0 Å². The van der Waals surface area contributed by atoms with Gasteiger partial charge in [0.05, 0.1) is 6.04 Å². The molecular weight excluding hydrogens is 440 g/mol. The van der Waals surface area contributed by atoms with Gasteiger partial charge in [0.1, 0.15) is 12.3 Å². The van der Waals surface area contributed by atoms with E-state index in [4.69, 9.17) is 5.73 Å². The highest BCUT2D eigenvalue weighted by Crippen LogP contribution is 2.15. The summed E-state index contributed by atoms with van der Waals surface area (Å²) in [5, 5.41) is 18.6. The standard InChI is InChI=1S/C29H50N2O4/c1-2-3-4-5-6-7-8-9-10-11-12-13-14-15-16-17-22-31(24-28(33)34)29(35)27(30)23-25-18-20-26(32)21-19-25/h18-21,27,32H,2-17,22-24,30H2,1H3,(H,33,34). The summed E-state index contributed by atoms with van der Waals surface area (Å²) >= 11 is 0. The van der Waals surface area contributed by atoms with E-state index in [1.165, 1.54) is 88.4 Å². The second-order valence-electron chi connectivity index (χ2n) is 9.93. The lowest BCUT2D eigenvalue weighted by atomic mass is 10.0. The van der Waals surface area contributed by atoms with E-state index >= 15 is 0 Å². The average Bonchev–Trinajstić information content (AvgIpc) is 2.83.